The number of carbonyl (C=O) groups is 2. The van der Waals surface area contributed by atoms with Gasteiger partial charge in [0.1, 0.15) is 5.82 Å². The van der Waals surface area contributed by atoms with E-state index in [2.05, 4.69) is 15.6 Å². The number of amides is 2. The van der Waals surface area contributed by atoms with Crippen LogP contribution < -0.4 is 15.5 Å². The zero-order valence-corrected chi connectivity index (χ0v) is 22.8. The van der Waals surface area contributed by atoms with E-state index >= 15 is 0 Å². The van der Waals surface area contributed by atoms with Gasteiger partial charge >= 0.3 is 6.09 Å². The second kappa shape index (κ2) is 12.5. The summed E-state index contributed by atoms with van der Waals surface area (Å²) in [4.78, 5) is 34.1. The molecule has 40 heavy (non-hydrogen) atoms. The van der Waals surface area contributed by atoms with Crippen molar-refractivity contribution in [2.24, 2.45) is 0 Å². The molecule has 2 heterocycles. The molecule has 9 nitrogen and oxygen atoms in total. The number of carbonyl (C=O) groups excluding carboxylic acids is 1. The molecule has 3 atom stereocenters. The van der Waals surface area contributed by atoms with Crippen molar-refractivity contribution in [3.8, 4) is 11.3 Å². The van der Waals surface area contributed by atoms with Gasteiger partial charge in [-0.3, -0.25) is 4.79 Å². The molecule has 1 saturated carbocycles. The fraction of sp³-hybridized carbons (Fsp3) is 0.433. The van der Waals surface area contributed by atoms with Gasteiger partial charge in [0.05, 0.1) is 29.8 Å². The lowest BCUT2D eigenvalue weighted by Crippen LogP contribution is -2.54. The number of rotatable bonds is 8. The van der Waals surface area contributed by atoms with E-state index in [0.717, 1.165) is 36.9 Å². The molecule has 0 bridgehead atoms. The minimum absolute atomic E-state index is 0.0830. The number of imidazole rings is 1. The highest BCUT2D eigenvalue weighted by Gasteiger charge is 2.35. The van der Waals surface area contributed by atoms with E-state index in [-0.39, 0.29) is 29.8 Å². The van der Waals surface area contributed by atoms with E-state index in [1.165, 1.54) is 6.07 Å². The van der Waals surface area contributed by atoms with Gasteiger partial charge < -0.3 is 30.1 Å². The summed E-state index contributed by atoms with van der Waals surface area (Å²) in [6.45, 7) is 2.45. The minimum Gasteiger partial charge on any atom is -0.465 e. The fourth-order valence-corrected chi connectivity index (χ4v) is 6.07. The third-order valence-corrected chi connectivity index (χ3v) is 8.11. The number of benzene rings is 2. The van der Waals surface area contributed by atoms with Crippen LogP contribution in [-0.4, -0.2) is 76.9 Å². The number of hydrogen-bond acceptors (Lipinski definition) is 5. The number of hydrogen-bond donors (Lipinski definition) is 3. The maximum atomic E-state index is 14.3. The van der Waals surface area contributed by atoms with Crippen LogP contribution in [0, 0.1) is 5.82 Å². The van der Waals surface area contributed by atoms with Crippen molar-refractivity contribution in [2.75, 3.05) is 38.1 Å². The van der Waals surface area contributed by atoms with Crippen LogP contribution in [0.2, 0.25) is 0 Å². The molecule has 2 aliphatic rings. The van der Waals surface area contributed by atoms with Crippen molar-refractivity contribution in [3.05, 3.63) is 72.4 Å². The molecule has 10 heteroatoms. The van der Waals surface area contributed by atoms with Crippen LogP contribution in [0.4, 0.5) is 14.9 Å². The summed E-state index contributed by atoms with van der Waals surface area (Å²) in [5, 5.41) is 15.6. The van der Waals surface area contributed by atoms with Crippen LogP contribution in [0.1, 0.15) is 48.6 Å². The second-order valence-electron chi connectivity index (χ2n) is 10.6. The third-order valence-electron chi connectivity index (χ3n) is 8.11. The van der Waals surface area contributed by atoms with Crippen LogP contribution in [0.5, 0.6) is 0 Å². The maximum Gasteiger partial charge on any atom is 0.404 e. The Hall–Kier alpha value is -3.92. The van der Waals surface area contributed by atoms with Crippen molar-refractivity contribution in [1.29, 1.82) is 0 Å². The van der Waals surface area contributed by atoms with Gasteiger partial charge in [-0.1, -0.05) is 55.3 Å². The lowest BCUT2D eigenvalue weighted by molar-refractivity contribution is 0.0623. The normalized spacial score (nSPS) is 21.1. The highest BCUT2D eigenvalue weighted by atomic mass is 19.1. The summed E-state index contributed by atoms with van der Waals surface area (Å²) in [6.07, 6.45) is 4.79. The Morgan fingerprint density at radius 1 is 1.12 bits per heavy atom. The van der Waals surface area contributed by atoms with Crippen LogP contribution >= 0.6 is 0 Å². The molecule has 1 aromatic heterocycles. The van der Waals surface area contributed by atoms with Gasteiger partial charge in [0, 0.05) is 44.8 Å². The lowest BCUT2D eigenvalue weighted by atomic mass is 9.89. The quantitative estimate of drug-likeness (QED) is 0.386. The fourth-order valence-electron chi connectivity index (χ4n) is 6.07. The van der Waals surface area contributed by atoms with Crippen molar-refractivity contribution in [2.45, 2.75) is 50.2 Å². The van der Waals surface area contributed by atoms with Crippen molar-refractivity contribution < 1.29 is 19.1 Å². The van der Waals surface area contributed by atoms with Gasteiger partial charge in [-0.05, 0) is 31.4 Å². The summed E-state index contributed by atoms with van der Waals surface area (Å²) in [6, 6.07) is 15.9. The molecular weight excluding hydrogens is 511 g/mol. The van der Waals surface area contributed by atoms with E-state index < -0.39 is 6.09 Å². The number of aromatic nitrogens is 2. The Balaban J connectivity index is 1.43. The van der Waals surface area contributed by atoms with E-state index in [1.807, 2.05) is 57.8 Å². The molecule has 1 aliphatic heterocycles. The SMILES string of the molecule is CN(CC[C@@H]1CNCCN1C(=O)c1ncn([C@H]2CCCC[C@@H]2NC(=O)O)c1-c1ccccc1)c1ccccc1F. The molecule has 2 amide bonds. The minimum atomic E-state index is -1.04. The monoisotopic (exact) mass is 548 g/mol. The van der Waals surface area contributed by atoms with Gasteiger partial charge in [-0.15, -0.1) is 0 Å². The van der Waals surface area contributed by atoms with Gasteiger partial charge in [-0.25, -0.2) is 14.2 Å². The molecule has 212 valence electrons. The molecule has 1 saturated heterocycles. The average molecular weight is 549 g/mol. The number of halogens is 1. The Morgan fingerprint density at radius 3 is 2.65 bits per heavy atom. The Morgan fingerprint density at radius 2 is 1.88 bits per heavy atom. The zero-order valence-electron chi connectivity index (χ0n) is 22.8. The van der Waals surface area contributed by atoms with Crippen molar-refractivity contribution in [3.63, 3.8) is 0 Å². The molecule has 0 spiro atoms. The number of carboxylic acid groups (broad SMARTS) is 1. The lowest BCUT2D eigenvalue weighted by Gasteiger charge is -2.37. The molecule has 2 aromatic carbocycles. The molecule has 0 radical (unpaired) electrons. The van der Waals surface area contributed by atoms with E-state index in [4.69, 9.17) is 0 Å². The molecule has 0 unspecified atom stereocenters. The maximum absolute atomic E-state index is 14.3. The van der Waals surface area contributed by atoms with Crippen LogP contribution in [0.25, 0.3) is 11.3 Å². The van der Waals surface area contributed by atoms with E-state index in [9.17, 15) is 19.1 Å². The first kappa shape index (κ1) is 27.6. The van der Waals surface area contributed by atoms with Gasteiger partial charge in [0.2, 0.25) is 0 Å². The molecule has 1 aliphatic carbocycles. The Bertz CT molecular complexity index is 1320. The molecule has 3 N–H and O–H groups in total. The summed E-state index contributed by atoms with van der Waals surface area (Å²) in [7, 11) is 1.86. The summed E-state index contributed by atoms with van der Waals surface area (Å²) >= 11 is 0. The van der Waals surface area contributed by atoms with Crippen molar-refractivity contribution in [1.82, 2.24) is 25.1 Å². The standard InChI is InChI=1S/C30H37FN6O3/c1-35(25-13-7-5-11-23(25)31)17-15-22-19-32-16-18-36(22)29(38)27-28(21-9-3-2-4-10-21)37(20-33-27)26-14-8-6-12-24(26)34-30(39)40/h2-5,7,9-11,13,20,22,24,26,32,34H,6,8,12,14-19H2,1H3,(H,39,40)/t22-,24+,26+/m1/s1. The Kier molecular flexibility index (Phi) is 8.64. The van der Waals surface area contributed by atoms with Crippen LogP contribution in [0.15, 0.2) is 60.9 Å². The summed E-state index contributed by atoms with van der Waals surface area (Å²) < 4.78 is 16.3. The smallest absolute Gasteiger partial charge is 0.404 e. The molecule has 5 rings (SSSR count). The summed E-state index contributed by atoms with van der Waals surface area (Å²) in [5.41, 5.74) is 2.50. The number of para-hydroxylation sites is 1. The number of nitrogens with zero attached hydrogens (tertiary/aromatic N) is 4. The first-order chi connectivity index (χ1) is 19.4. The highest BCUT2D eigenvalue weighted by Crippen LogP contribution is 2.35. The number of piperazine rings is 1. The van der Waals surface area contributed by atoms with E-state index in [0.29, 0.717) is 44.0 Å². The zero-order chi connectivity index (χ0) is 28.1. The molecular formula is C30H37FN6O3. The van der Waals surface area contributed by atoms with Gasteiger partial charge in [-0.2, -0.15) is 0 Å². The van der Waals surface area contributed by atoms with Gasteiger partial charge in [0.15, 0.2) is 5.69 Å². The average Bonchev–Trinajstić information content (AvgIpc) is 3.41. The third kappa shape index (κ3) is 5.96. The topological polar surface area (TPSA) is 103 Å². The van der Waals surface area contributed by atoms with Gasteiger partial charge in [0.25, 0.3) is 5.91 Å². The van der Waals surface area contributed by atoms with E-state index in [1.54, 1.807) is 18.5 Å². The second-order valence-corrected chi connectivity index (χ2v) is 10.6. The number of anilines is 1. The highest BCUT2D eigenvalue weighted by molar-refractivity contribution is 5.98. The largest absolute Gasteiger partial charge is 0.465 e. The molecule has 3 aromatic rings. The Labute approximate surface area is 234 Å². The predicted octanol–water partition coefficient (Wildman–Crippen LogP) is 4.38. The van der Waals surface area contributed by atoms with Crippen LogP contribution in [0.3, 0.4) is 0 Å². The summed E-state index contributed by atoms with van der Waals surface area (Å²) in [5.74, 6) is -0.410. The van der Waals surface area contributed by atoms with Crippen molar-refractivity contribution >= 4 is 17.7 Å². The first-order valence-corrected chi connectivity index (χ1v) is 14.0. The van der Waals surface area contributed by atoms with Crippen LogP contribution in [-0.2, 0) is 0 Å². The first-order valence-electron chi connectivity index (χ1n) is 14.0. The predicted molar refractivity (Wildman–Crippen MR) is 152 cm³/mol. The molecule has 2 fully saturated rings. The number of nitrogens with one attached hydrogen (secondary N) is 2.